The van der Waals surface area contributed by atoms with Gasteiger partial charge in [-0.3, -0.25) is 19.7 Å². The van der Waals surface area contributed by atoms with Gasteiger partial charge in [0.15, 0.2) is 0 Å². The molecular weight excluding hydrogens is 356 g/mol. The van der Waals surface area contributed by atoms with Crippen LogP contribution in [-0.4, -0.2) is 20.9 Å². The van der Waals surface area contributed by atoms with Crippen molar-refractivity contribution in [3.8, 4) is 11.3 Å². The standard InChI is InChI=1S/C17H13BrN4O/c18-14-5-1-3-12(9-14)17(23)22-11-15-16(21-8-7-20-15)13-4-2-6-19-10-13/h1-10H,11H2,(H,22,23). The van der Waals surface area contributed by atoms with Crippen LogP contribution in [0.3, 0.4) is 0 Å². The summed E-state index contributed by atoms with van der Waals surface area (Å²) in [7, 11) is 0. The van der Waals surface area contributed by atoms with Gasteiger partial charge in [0.1, 0.15) is 0 Å². The van der Waals surface area contributed by atoms with Gasteiger partial charge in [-0.05, 0) is 30.3 Å². The minimum atomic E-state index is -0.158. The number of carbonyl (C=O) groups is 1. The summed E-state index contributed by atoms with van der Waals surface area (Å²) in [5, 5.41) is 2.87. The molecule has 0 unspecified atom stereocenters. The highest BCUT2D eigenvalue weighted by Gasteiger charge is 2.10. The second-order valence-electron chi connectivity index (χ2n) is 4.79. The monoisotopic (exact) mass is 368 g/mol. The minimum Gasteiger partial charge on any atom is -0.346 e. The molecule has 0 bridgehead atoms. The number of rotatable bonds is 4. The predicted octanol–water partition coefficient (Wildman–Crippen LogP) is 3.23. The molecule has 114 valence electrons. The second kappa shape index (κ2) is 7.11. The molecule has 0 radical (unpaired) electrons. The molecule has 1 amide bonds. The zero-order chi connectivity index (χ0) is 16.1. The molecule has 3 aromatic rings. The fraction of sp³-hybridized carbons (Fsp3) is 0.0588. The first-order valence-corrected chi connectivity index (χ1v) is 7.77. The quantitative estimate of drug-likeness (QED) is 0.767. The molecule has 23 heavy (non-hydrogen) atoms. The van der Waals surface area contributed by atoms with Crippen molar-refractivity contribution in [2.24, 2.45) is 0 Å². The summed E-state index contributed by atoms with van der Waals surface area (Å²) in [5.41, 5.74) is 2.87. The Morgan fingerprint density at radius 2 is 1.96 bits per heavy atom. The van der Waals surface area contributed by atoms with Crippen molar-refractivity contribution in [2.45, 2.75) is 6.54 Å². The zero-order valence-electron chi connectivity index (χ0n) is 12.1. The molecule has 0 fully saturated rings. The summed E-state index contributed by atoms with van der Waals surface area (Å²) < 4.78 is 0.862. The zero-order valence-corrected chi connectivity index (χ0v) is 13.7. The first-order chi connectivity index (χ1) is 11.2. The summed E-state index contributed by atoms with van der Waals surface area (Å²) >= 11 is 3.36. The number of nitrogens with one attached hydrogen (secondary N) is 1. The second-order valence-corrected chi connectivity index (χ2v) is 5.70. The van der Waals surface area contributed by atoms with Crippen LogP contribution >= 0.6 is 15.9 Å². The van der Waals surface area contributed by atoms with Gasteiger partial charge in [-0.15, -0.1) is 0 Å². The summed E-state index contributed by atoms with van der Waals surface area (Å²) in [4.78, 5) is 25.0. The van der Waals surface area contributed by atoms with E-state index in [0.29, 0.717) is 17.8 Å². The Balaban J connectivity index is 1.78. The van der Waals surface area contributed by atoms with Gasteiger partial charge in [-0.25, -0.2) is 0 Å². The maximum Gasteiger partial charge on any atom is 0.251 e. The van der Waals surface area contributed by atoms with Crippen LogP contribution in [0.4, 0.5) is 0 Å². The van der Waals surface area contributed by atoms with Crippen molar-refractivity contribution in [3.63, 3.8) is 0 Å². The summed E-state index contributed by atoms with van der Waals surface area (Å²) in [6, 6.07) is 11.0. The van der Waals surface area contributed by atoms with E-state index >= 15 is 0 Å². The third-order valence-corrected chi connectivity index (χ3v) is 3.71. The molecule has 5 nitrogen and oxygen atoms in total. The van der Waals surface area contributed by atoms with Crippen LogP contribution in [0.1, 0.15) is 16.1 Å². The number of halogens is 1. The fourth-order valence-electron chi connectivity index (χ4n) is 2.14. The Hall–Kier alpha value is -2.60. The fourth-order valence-corrected chi connectivity index (χ4v) is 2.54. The largest absolute Gasteiger partial charge is 0.346 e. The van der Waals surface area contributed by atoms with Crippen molar-refractivity contribution in [2.75, 3.05) is 0 Å². The molecule has 0 atom stereocenters. The van der Waals surface area contributed by atoms with Gasteiger partial charge >= 0.3 is 0 Å². The molecule has 3 rings (SSSR count). The predicted molar refractivity (Wildman–Crippen MR) is 90.6 cm³/mol. The van der Waals surface area contributed by atoms with Gasteiger partial charge in [0.05, 0.1) is 17.9 Å². The van der Waals surface area contributed by atoms with Crippen LogP contribution in [0.15, 0.2) is 65.7 Å². The number of pyridine rings is 1. The Labute approximate surface area is 142 Å². The van der Waals surface area contributed by atoms with Gasteiger partial charge in [0.2, 0.25) is 0 Å². The lowest BCUT2D eigenvalue weighted by molar-refractivity contribution is 0.0950. The average molecular weight is 369 g/mol. The SMILES string of the molecule is O=C(NCc1nccnc1-c1cccnc1)c1cccc(Br)c1. The Kier molecular flexibility index (Phi) is 4.73. The minimum absolute atomic E-state index is 0.158. The van der Waals surface area contributed by atoms with Crippen LogP contribution in [0.5, 0.6) is 0 Å². The summed E-state index contributed by atoms with van der Waals surface area (Å²) in [6.07, 6.45) is 6.67. The van der Waals surface area contributed by atoms with E-state index in [1.165, 1.54) is 0 Å². The number of hydrogen-bond acceptors (Lipinski definition) is 4. The van der Waals surface area contributed by atoms with E-state index in [0.717, 1.165) is 15.7 Å². The van der Waals surface area contributed by atoms with Gasteiger partial charge in [-0.1, -0.05) is 22.0 Å². The molecule has 1 N–H and O–H groups in total. The third kappa shape index (κ3) is 3.78. The van der Waals surface area contributed by atoms with Crippen molar-refractivity contribution in [1.82, 2.24) is 20.3 Å². The first kappa shape index (κ1) is 15.3. The average Bonchev–Trinajstić information content (AvgIpc) is 2.60. The molecule has 0 saturated heterocycles. The molecule has 0 spiro atoms. The number of aromatic nitrogens is 3. The van der Waals surface area contributed by atoms with E-state index < -0.39 is 0 Å². The molecule has 0 aliphatic heterocycles. The number of benzene rings is 1. The molecule has 0 aliphatic carbocycles. The van der Waals surface area contributed by atoms with Crippen molar-refractivity contribution < 1.29 is 4.79 Å². The van der Waals surface area contributed by atoms with Crippen molar-refractivity contribution >= 4 is 21.8 Å². The van der Waals surface area contributed by atoms with Crippen molar-refractivity contribution in [3.05, 3.63) is 76.9 Å². The van der Waals surface area contributed by atoms with E-state index in [-0.39, 0.29) is 5.91 Å². The highest BCUT2D eigenvalue weighted by Crippen LogP contribution is 2.18. The summed E-state index contributed by atoms with van der Waals surface area (Å²) in [6.45, 7) is 0.295. The van der Waals surface area contributed by atoms with E-state index in [1.807, 2.05) is 24.3 Å². The number of carbonyl (C=O) groups excluding carboxylic acids is 1. The maximum absolute atomic E-state index is 12.2. The van der Waals surface area contributed by atoms with Gasteiger partial charge in [0.25, 0.3) is 5.91 Å². The molecule has 2 heterocycles. The normalized spacial score (nSPS) is 10.3. The Morgan fingerprint density at radius 1 is 1.09 bits per heavy atom. The number of amides is 1. The molecule has 0 saturated carbocycles. The van der Waals surface area contributed by atoms with Crippen LogP contribution in [-0.2, 0) is 6.54 Å². The maximum atomic E-state index is 12.2. The van der Waals surface area contributed by atoms with Gasteiger partial charge in [0, 0.05) is 40.4 Å². The van der Waals surface area contributed by atoms with Crippen LogP contribution in [0.25, 0.3) is 11.3 Å². The van der Waals surface area contributed by atoms with E-state index in [2.05, 4.69) is 36.2 Å². The lowest BCUT2D eigenvalue weighted by atomic mass is 10.1. The molecule has 1 aromatic carbocycles. The van der Waals surface area contributed by atoms with Crippen LogP contribution in [0, 0.1) is 0 Å². The van der Waals surface area contributed by atoms with Crippen LogP contribution in [0.2, 0.25) is 0 Å². The lowest BCUT2D eigenvalue weighted by Crippen LogP contribution is -2.23. The first-order valence-electron chi connectivity index (χ1n) is 6.98. The highest BCUT2D eigenvalue weighted by atomic mass is 79.9. The third-order valence-electron chi connectivity index (χ3n) is 3.21. The van der Waals surface area contributed by atoms with Gasteiger partial charge < -0.3 is 5.32 Å². The van der Waals surface area contributed by atoms with Gasteiger partial charge in [-0.2, -0.15) is 0 Å². The number of hydrogen-bond donors (Lipinski definition) is 1. The Morgan fingerprint density at radius 3 is 2.74 bits per heavy atom. The van der Waals surface area contributed by atoms with E-state index in [9.17, 15) is 4.79 Å². The van der Waals surface area contributed by atoms with E-state index in [1.54, 1.807) is 36.9 Å². The summed E-state index contributed by atoms with van der Waals surface area (Å²) in [5.74, 6) is -0.158. The topological polar surface area (TPSA) is 67.8 Å². The Bertz CT molecular complexity index is 824. The number of nitrogens with zero attached hydrogens (tertiary/aromatic N) is 3. The molecule has 0 aliphatic rings. The van der Waals surface area contributed by atoms with Crippen LogP contribution < -0.4 is 5.32 Å². The smallest absolute Gasteiger partial charge is 0.251 e. The molecule has 2 aromatic heterocycles. The molecular formula is C17H13BrN4O. The molecule has 6 heteroatoms. The van der Waals surface area contributed by atoms with E-state index in [4.69, 9.17) is 0 Å². The lowest BCUT2D eigenvalue weighted by Gasteiger charge is -2.09. The highest BCUT2D eigenvalue weighted by molar-refractivity contribution is 9.10. The van der Waals surface area contributed by atoms with Crippen molar-refractivity contribution in [1.29, 1.82) is 0 Å².